The lowest BCUT2D eigenvalue weighted by Crippen LogP contribution is -2.41. The van der Waals surface area contributed by atoms with Crippen molar-refractivity contribution >= 4 is 27.3 Å². The third-order valence-electron chi connectivity index (χ3n) is 5.02. The Morgan fingerprint density at radius 3 is 2.26 bits per heavy atom. The van der Waals surface area contributed by atoms with Crippen molar-refractivity contribution in [2.75, 3.05) is 16.6 Å². The minimum absolute atomic E-state index is 0.157. The third kappa shape index (κ3) is 4.67. The number of sulfonamides is 1. The normalized spacial score (nSPS) is 11.9. The van der Waals surface area contributed by atoms with Crippen LogP contribution in [0.2, 0.25) is 0 Å². The molecular weight excluding hydrogens is 362 g/mol. The summed E-state index contributed by atoms with van der Waals surface area (Å²) in [6.07, 6.45) is 1.26. The van der Waals surface area contributed by atoms with Crippen molar-refractivity contribution in [2.24, 2.45) is 11.1 Å². The highest BCUT2D eigenvalue weighted by Gasteiger charge is 2.33. The predicted octanol–water partition coefficient (Wildman–Crippen LogP) is 3.50. The van der Waals surface area contributed by atoms with Gasteiger partial charge in [-0.25, -0.2) is 8.42 Å². The van der Waals surface area contributed by atoms with Crippen molar-refractivity contribution in [1.82, 2.24) is 0 Å². The molecular formula is C20H27N3O3S. The van der Waals surface area contributed by atoms with Crippen LogP contribution >= 0.6 is 0 Å². The standard InChI is InChI=1S/C20H27N3O3S/c1-4-20(5-2,14-21)19(24)22-16-12-11-15(3)18(13-16)23-27(25,26)17-9-7-6-8-10-17/h6-13,23H,4-5,14,21H2,1-3H3,(H,22,24). The van der Waals surface area contributed by atoms with Crippen LogP contribution in [0.1, 0.15) is 32.3 Å². The lowest BCUT2D eigenvalue weighted by atomic mass is 9.81. The Balaban J connectivity index is 2.28. The van der Waals surface area contributed by atoms with Crippen LogP contribution in [0, 0.1) is 12.3 Å². The van der Waals surface area contributed by atoms with Crippen molar-refractivity contribution in [1.29, 1.82) is 0 Å². The molecule has 0 atom stereocenters. The number of nitrogens with two attached hydrogens (primary N) is 1. The first-order valence-corrected chi connectivity index (χ1v) is 10.5. The van der Waals surface area contributed by atoms with Gasteiger partial charge in [-0.05, 0) is 49.6 Å². The SMILES string of the molecule is CCC(CC)(CN)C(=O)Nc1ccc(C)c(NS(=O)(=O)c2ccccc2)c1. The fraction of sp³-hybridized carbons (Fsp3) is 0.350. The summed E-state index contributed by atoms with van der Waals surface area (Å²) in [6, 6.07) is 13.3. The number of amides is 1. The zero-order valence-electron chi connectivity index (χ0n) is 16.0. The van der Waals surface area contributed by atoms with Gasteiger partial charge in [-0.2, -0.15) is 0 Å². The average molecular weight is 390 g/mol. The molecule has 0 heterocycles. The Morgan fingerprint density at radius 2 is 1.70 bits per heavy atom. The first-order valence-electron chi connectivity index (χ1n) is 8.98. The largest absolute Gasteiger partial charge is 0.329 e. The Bertz CT molecular complexity index is 884. The van der Waals surface area contributed by atoms with Gasteiger partial charge in [0.25, 0.3) is 10.0 Å². The van der Waals surface area contributed by atoms with Crippen LogP contribution in [0.5, 0.6) is 0 Å². The molecule has 2 aromatic rings. The Labute approximate surface area is 161 Å². The fourth-order valence-electron chi connectivity index (χ4n) is 2.83. The zero-order chi connectivity index (χ0) is 20.1. The minimum Gasteiger partial charge on any atom is -0.329 e. The number of carbonyl (C=O) groups excluding carboxylic acids is 1. The maximum absolute atomic E-state index is 12.7. The van der Waals surface area contributed by atoms with E-state index in [4.69, 9.17) is 5.73 Å². The van der Waals surface area contributed by atoms with Gasteiger partial charge < -0.3 is 11.1 Å². The van der Waals surface area contributed by atoms with E-state index in [-0.39, 0.29) is 17.3 Å². The summed E-state index contributed by atoms with van der Waals surface area (Å²) in [4.78, 5) is 12.9. The highest BCUT2D eigenvalue weighted by molar-refractivity contribution is 7.92. The maximum Gasteiger partial charge on any atom is 0.261 e. The number of anilines is 2. The average Bonchev–Trinajstić information content (AvgIpc) is 2.67. The van der Waals surface area contributed by atoms with E-state index in [0.29, 0.717) is 24.2 Å². The van der Waals surface area contributed by atoms with E-state index in [9.17, 15) is 13.2 Å². The lowest BCUT2D eigenvalue weighted by molar-refractivity contribution is -0.125. The Morgan fingerprint density at radius 1 is 1.07 bits per heavy atom. The van der Waals surface area contributed by atoms with Gasteiger partial charge in [0.1, 0.15) is 0 Å². The molecule has 0 radical (unpaired) electrons. The molecule has 0 aliphatic heterocycles. The van der Waals surface area contributed by atoms with Crippen molar-refractivity contribution in [3.63, 3.8) is 0 Å². The summed E-state index contributed by atoms with van der Waals surface area (Å²) < 4.78 is 27.7. The number of aryl methyl sites for hydroxylation is 1. The highest BCUT2D eigenvalue weighted by Crippen LogP contribution is 2.29. The molecule has 6 nitrogen and oxygen atoms in total. The maximum atomic E-state index is 12.7. The van der Waals surface area contributed by atoms with Gasteiger partial charge in [0.15, 0.2) is 0 Å². The molecule has 7 heteroatoms. The highest BCUT2D eigenvalue weighted by atomic mass is 32.2. The van der Waals surface area contributed by atoms with Gasteiger partial charge in [0, 0.05) is 12.2 Å². The zero-order valence-corrected chi connectivity index (χ0v) is 16.8. The van der Waals surface area contributed by atoms with Crippen molar-refractivity contribution in [3.8, 4) is 0 Å². The number of nitrogens with one attached hydrogen (secondary N) is 2. The van der Waals surface area contributed by atoms with Crippen molar-refractivity contribution in [3.05, 3.63) is 54.1 Å². The predicted molar refractivity (Wildman–Crippen MR) is 109 cm³/mol. The smallest absolute Gasteiger partial charge is 0.261 e. The minimum atomic E-state index is -3.71. The molecule has 0 saturated heterocycles. The molecule has 2 aromatic carbocycles. The van der Waals surface area contributed by atoms with Crippen LogP contribution in [0.25, 0.3) is 0 Å². The van der Waals surface area contributed by atoms with E-state index in [0.717, 1.165) is 5.56 Å². The number of carbonyl (C=O) groups is 1. The lowest BCUT2D eigenvalue weighted by Gasteiger charge is -2.28. The summed E-state index contributed by atoms with van der Waals surface area (Å²) >= 11 is 0. The van der Waals surface area contributed by atoms with Gasteiger partial charge in [-0.3, -0.25) is 9.52 Å². The molecule has 0 saturated carbocycles. The second kappa shape index (κ2) is 8.54. The Kier molecular flexibility index (Phi) is 6.62. The monoisotopic (exact) mass is 389 g/mol. The van der Waals surface area contributed by atoms with E-state index in [2.05, 4.69) is 10.0 Å². The molecule has 27 heavy (non-hydrogen) atoms. The second-order valence-electron chi connectivity index (χ2n) is 6.59. The van der Waals surface area contributed by atoms with Crippen LogP contribution < -0.4 is 15.8 Å². The van der Waals surface area contributed by atoms with Gasteiger partial charge >= 0.3 is 0 Å². The van der Waals surface area contributed by atoms with Crippen LogP contribution in [0.4, 0.5) is 11.4 Å². The van der Waals surface area contributed by atoms with Crippen LogP contribution in [0.3, 0.4) is 0 Å². The van der Waals surface area contributed by atoms with Crippen LogP contribution in [-0.2, 0) is 14.8 Å². The molecule has 0 aromatic heterocycles. The Hall–Kier alpha value is -2.38. The van der Waals surface area contributed by atoms with E-state index < -0.39 is 15.4 Å². The fourth-order valence-corrected chi connectivity index (χ4v) is 3.97. The first-order chi connectivity index (χ1) is 12.8. The summed E-state index contributed by atoms with van der Waals surface area (Å²) in [7, 11) is -3.71. The molecule has 1 amide bonds. The van der Waals surface area contributed by atoms with Gasteiger partial charge in [-0.1, -0.05) is 38.1 Å². The van der Waals surface area contributed by atoms with E-state index >= 15 is 0 Å². The second-order valence-corrected chi connectivity index (χ2v) is 8.28. The molecule has 4 N–H and O–H groups in total. The summed E-state index contributed by atoms with van der Waals surface area (Å²) in [5.74, 6) is -0.157. The molecule has 0 spiro atoms. The number of rotatable bonds is 8. The summed E-state index contributed by atoms with van der Waals surface area (Å²) in [5.41, 5.74) is 6.90. The van der Waals surface area contributed by atoms with Gasteiger partial charge in [0.05, 0.1) is 16.0 Å². The van der Waals surface area contributed by atoms with Crippen molar-refractivity contribution < 1.29 is 13.2 Å². The molecule has 0 fully saturated rings. The molecule has 0 aliphatic carbocycles. The molecule has 0 bridgehead atoms. The third-order valence-corrected chi connectivity index (χ3v) is 6.40. The molecule has 0 unspecified atom stereocenters. The summed E-state index contributed by atoms with van der Waals surface area (Å²) in [5, 5.41) is 2.88. The van der Waals surface area contributed by atoms with Gasteiger partial charge in [0.2, 0.25) is 5.91 Å². The van der Waals surface area contributed by atoms with Crippen LogP contribution in [-0.4, -0.2) is 20.9 Å². The number of hydrogen-bond donors (Lipinski definition) is 3. The van der Waals surface area contributed by atoms with Crippen molar-refractivity contribution in [2.45, 2.75) is 38.5 Å². The van der Waals surface area contributed by atoms with E-state index in [1.54, 1.807) is 43.3 Å². The molecule has 2 rings (SSSR count). The van der Waals surface area contributed by atoms with Crippen LogP contribution in [0.15, 0.2) is 53.4 Å². The summed E-state index contributed by atoms with van der Waals surface area (Å²) in [6.45, 7) is 5.93. The van der Waals surface area contributed by atoms with Gasteiger partial charge in [-0.15, -0.1) is 0 Å². The number of benzene rings is 2. The first kappa shape index (κ1) is 20.9. The number of hydrogen-bond acceptors (Lipinski definition) is 4. The molecule has 0 aliphatic rings. The molecule has 146 valence electrons. The quantitative estimate of drug-likeness (QED) is 0.643. The van der Waals surface area contributed by atoms with E-state index in [1.807, 2.05) is 13.8 Å². The topological polar surface area (TPSA) is 101 Å². The van der Waals surface area contributed by atoms with E-state index in [1.165, 1.54) is 12.1 Å².